The first-order valence-corrected chi connectivity index (χ1v) is 26.4. The van der Waals surface area contributed by atoms with Gasteiger partial charge in [0.05, 0.1) is 27.7 Å². The van der Waals surface area contributed by atoms with Gasteiger partial charge in [-0.25, -0.2) is 0 Å². The molecule has 0 aromatic carbocycles. The third-order valence-electron chi connectivity index (χ3n) is 11.0. The highest BCUT2D eigenvalue weighted by Gasteiger charge is 2.21. The van der Waals surface area contributed by atoms with Crippen LogP contribution in [0.5, 0.6) is 0 Å². The first-order chi connectivity index (χ1) is 28.5. The summed E-state index contributed by atoms with van der Waals surface area (Å²) in [5.41, 5.74) is 0. The van der Waals surface area contributed by atoms with Crippen LogP contribution >= 0.6 is 7.82 Å². The smallest absolute Gasteiger partial charge is 0.306 e. The average Bonchev–Trinajstić information content (AvgIpc) is 3.19. The van der Waals surface area contributed by atoms with Crippen molar-refractivity contribution in [1.82, 2.24) is 0 Å². The van der Waals surface area contributed by atoms with Gasteiger partial charge in [0.15, 0.2) is 6.10 Å². The minimum absolute atomic E-state index is 0.0291. The van der Waals surface area contributed by atoms with Crippen molar-refractivity contribution in [3.63, 3.8) is 0 Å². The molecule has 350 valence electrons. The molecule has 9 nitrogen and oxygen atoms in total. The number of unbranched alkanes of at least 4 members (excludes halogenated alkanes) is 30. The van der Waals surface area contributed by atoms with Gasteiger partial charge in [-0.3, -0.25) is 14.2 Å². The normalized spacial score (nSPS) is 13.5. The number of allylic oxidation sites excluding steroid dienone is 2. The lowest BCUT2D eigenvalue weighted by Crippen LogP contribution is -2.37. The number of carbonyl (C=O) groups excluding carboxylic acids is 2. The van der Waals surface area contributed by atoms with Gasteiger partial charge < -0.3 is 27.9 Å². The number of ether oxygens (including phenoxy) is 2. The van der Waals surface area contributed by atoms with E-state index in [1.54, 1.807) is 0 Å². The largest absolute Gasteiger partial charge is 0.756 e. The Morgan fingerprint density at radius 1 is 0.508 bits per heavy atom. The van der Waals surface area contributed by atoms with Gasteiger partial charge >= 0.3 is 11.9 Å². The molecule has 0 radical (unpaired) electrons. The van der Waals surface area contributed by atoms with Gasteiger partial charge in [-0.2, -0.15) is 0 Å². The number of quaternary nitrogens is 1. The fourth-order valence-corrected chi connectivity index (χ4v) is 7.85. The number of phosphoric ester groups is 1. The first-order valence-electron chi connectivity index (χ1n) is 24.9. The van der Waals surface area contributed by atoms with Crippen molar-refractivity contribution in [3.05, 3.63) is 12.2 Å². The van der Waals surface area contributed by atoms with E-state index in [-0.39, 0.29) is 32.0 Å². The van der Waals surface area contributed by atoms with E-state index < -0.39 is 26.5 Å². The fraction of sp³-hybridized carbons (Fsp3) is 0.918. The zero-order valence-electron chi connectivity index (χ0n) is 39.5. The molecular formula is C49H96NO8P. The Hall–Kier alpha value is -1.25. The lowest BCUT2D eigenvalue weighted by atomic mass is 10.0. The number of esters is 2. The van der Waals surface area contributed by atoms with Crippen LogP contribution < -0.4 is 4.89 Å². The van der Waals surface area contributed by atoms with E-state index in [2.05, 4.69) is 26.0 Å². The molecule has 0 aliphatic rings. The lowest BCUT2D eigenvalue weighted by molar-refractivity contribution is -0.870. The zero-order chi connectivity index (χ0) is 43.6. The molecule has 0 aromatic heterocycles. The summed E-state index contributed by atoms with van der Waals surface area (Å²) in [5.74, 6) is -0.830. The Labute approximate surface area is 365 Å². The molecule has 0 heterocycles. The SMILES string of the molecule is CCCCCCCC/C=C\CCCCCCCC(=O)OC(COC(=O)CCCCCCCCCCCCCCCCCCCCCC)COP(=O)([O-])OCC[N+](C)(C)C. The lowest BCUT2D eigenvalue weighted by Gasteiger charge is -2.28. The number of nitrogens with zero attached hydrogens (tertiary/aromatic N) is 1. The summed E-state index contributed by atoms with van der Waals surface area (Å²) in [7, 11) is 1.17. The molecule has 0 aliphatic carbocycles. The van der Waals surface area contributed by atoms with Crippen LogP contribution in [0, 0.1) is 0 Å². The molecule has 0 aliphatic heterocycles. The van der Waals surface area contributed by atoms with Crippen molar-refractivity contribution < 1.29 is 42.1 Å². The molecule has 0 aromatic rings. The Morgan fingerprint density at radius 2 is 0.864 bits per heavy atom. The van der Waals surface area contributed by atoms with Crippen LogP contribution in [0.2, 0.25) is 0 Å². The van der Waals surface area contributed by atoms with Gasteiger partial charge in [-0.05, 0) is 38.5 Å². The summed E-state index contributed by atoms with van der Waals surface area (Å²) < 4.78 is 34.0. The molecule has 0 amide bonds. The van der Waals surface area contributed by atoms with Crippen molar-refractivity contribution in [2.24, 2.45) is 0 Å². The second kappa shape index (κ2) is 42.1. The number of hydrogen-bond acceptors (Lipinski definition) is 8. The van der Waals surface area contributed by atoms with Gasteiger partial charge in [-0.1, -0.05) is 199 Å². The van der Waals surface area contributed by atoms with Crippen LogP contribution in [0.1, 0.15) is 239 Å². The second-order valence-corrected chi connectivity index (χ2v) is 19.6. The first kappa shape index (κ1) is 57.8. The Balaban J connectivity index is 4.22. The predicted molar refractivity (Wildman–Crippen MR) is 245 cm³/mol. The van der Waals surface area contributed by atoms with Gasteiger partial charge in [-0.15, -0.1) is 0 Å². The Kier molecular flexibility index (Phi) is 41.2. The van der Waals surface area contributed by atoms with Crippen molar-refractivity contribution in [3.8, 4) is 0 Å². The van der Waals surface area contributed by atoms with E-state index in [4.69, 9.17) is 18.5 Å². The summed E-state index contributed by atoms with van der Waals surface area (Å²) in [4.78, 5) is 37.6. The minimum atomic E-state index is -4.62. The molecule has 2 unspecified atom stereocenters. The third-order valence-corrected chi connectivity index (χ3v) is 12.0. The summed E-state index contributed by atoms with van der Waals surface area (Å²) in [6, 6.07) is 0. The van der Waals surface area contributed by atoms with Gasteiger partial charge in [0.1, 0.15) is 19.8 Å². The Bertz CT molecular complexity index is 1020. The molecule has 0 bridgehead atoms. The van der Waals surface area contributed by atoms with Crippen LogP contribution in [-0.2, 0) is 32.7 Å². The van der Waals surface area contributed by atoms with E-state index in [1.807, 2.05) is 21.1 Å². The van der Waals surface area contributed by atoms with Crippen LogP contribution in [0.4, 0.5) is 0 Å². The monoisotopic (exact) mass is 858 g/mol. The van der Waals surface area contributed by atoms with E-state index in [1.165, 1.54) is 154 Å². The van der Waals surface area contributed by atoms with Crippen LogP contribution in [0.15, 0.2) is 12.2 Å². The molecule has 0 N–H and O–H groups in total. The minimum Gasteiger partial charge on any atom is -0.756 e. The van der Waals surface area contributed by atoms with E-state index in [9.17, 15) is 19.0 Å². The maximum absolute atomic E-state index is 12.7. The molecule has 0 spiro atoms. The highest BCUT2D eigenvalue weighted by Crippen LogP contribution is 2.38. The third kappa shape index (κ3) is 46.1. The molecule has 0 saturated carbocycles. The highest BCUT2D eigenvalue weighted by molar-refractivity contribution is 7.45. The van der Waals surface area contributed by atoms with Crippen molar-refractivity contribution in [2.75, 3.05) is 47.5 Å². The summed E-state index contributed by atoms with van der Waals surface area (Å²) in [5, 5.41) is 0. The number of phosphoric acid groups is 1. The number of rotatable bonds is 46. The number of carbonyl (C=O) groups is 2. The maximum Gasteiger partial charge on any atom is 0.306 e. The topological polar surface area (TPSA) is 111 Å². The summed E-state index contributed by atoms with van der Waals surface area (Å²) in [6.07, 6.45) is 45.2. The second-order valence-electron chi connectivity index (χ2n) is 18.2. The van der Waals surface area contributed by atoms with Gasteiger partial charge in [0, 0.05) is 12.8 Å². The predicted octanol–water partition coefficient (Wildman–Crippen LogP) is 13.9. The molecule has 0 fully saturated rings. The number of likely N-dealkylation sites (N-methyl/N-ethyl adjacent to an activating group) is 1. The number of hydrogen-bond donors (Lipinski definition) is 0. The van der Waals surface area contributed by atoms with Crippen LogP contribution in [0.25, 0.3) is 0 Å². The van der Waals surface area contributed by atoms with Gasteiger partial charge in [0.2, 0.25) is 0 Å². The average molecular weight is 858 g/mol. The van der Waals surface area contributed by atoms with Gasteiger partial charge in [0.25, 0.3) is 7.82 Å². The molecule has 2 atom stereocenters. The van der Waals surface area contributed by atoms with E-state index in [0.29, 0.717) is 17.4 Å². The highest BCUT2D eigenvalue weighted by atomic mass is 31.2. The molecule has 0 saturated heterocycles. The molecular weight excluding hydrogens is 762 g/mol. The van der Waals surface area contributed by atoms with Crippen LogP contribution in [-0.4, -0.2) is 70.0 Å². The zero-order valence-corrected chi connectivity index (χ0v) is 40.4. The Morgan fingerprint density at radius 3 is 1.25 bits per heavy atom. The summed E-state index contributed by atoms with van der Waals surface area (Å²) in [6.45, 7) is 4.26. The molecule has 59 heavy (non-hydrogen) atoms. The molecule has 10 heteroatoms. The standard InChI is InChI=1S/C49H96NO8P/c1-6-8-10-12-14-16-18-20-22-23-24-25-26-28-29-31-33-35-37-39-41-48(51)55-45-47(46-57-59(53,54)56-44-43-50(3,4)5)58-49(52)42-40-38-36-34-32-30-27-21-19-17-15-13-11-9-7-2/h21,27,47H,6-20,22-26,28-46H2,1-5H3/b27-21-. The van der Waals surface area contributed by atoms with Crippen molar-refractivity contribution in [1.29, 1.82) is 0 Å². The summed E-state index contributed by atoms with van der Waals surface area (Å²) >= 11 is 0. The van der Waals surface area contributed by atoms with Crippen molar-refractivity contribution in [2.45, 2.75) is 245 Å². The maximum atomic E-state index is 12.7. The van der Waals surface area contributed by atoms with E-state index >= 15 is 0 Å². The van der Waals surface area contributed by atoms with E-state index in [0.717, 1.165) is 51.4 Å². The van der Waals surface area contributed by atoms with Crippen molar-refractivity contribution >= 4 is 19.8 Å². The molecule has 0 rings (SSSR count). The quantitative estimate of drug-likeness (QED) is 0.0196. The fourth-order valence-electron chi connectivity index (χ4n) is 7.12. The van der Waals surface area contributed by atoms with Crippen LogP contribution in [0.3, 0.4) is 0 Å².